The minimum Gasteiger partial charge on any atom is -0.317 e. The maximum atomic E-state index is 13.3. The van der Waals surface area contributed by atoms with Gasteiger partial charge in [0.05, 0.1) is 0 Å². The fourth-order valence-corrected chi connectivity index (χ4v) is 2.54. The number of piperidine rings is 1. The van der Waals surface area contributed by atoms with Gasteiger partial charge in [0.25, 0.3) is 0 Å². The van der Waals surface area contributed by atoms with Gasteiger partial charge in [0.15, 0.2) is 0 Å². The van der Waals surface area contributed by atoms with E-state index in [4.69, 9.17) is 0 Å². The summed E-state index contributed by atoms with van der Waals surface area (Å²) in [5.41, 5.74) is 2.38. The van der Waals surface area contributed by atoms with Crippen molar-refractivity contribution in [3.05, 3.63) is 41.7 Å². The summed E-state index contributed by atoms with van der Waals surface area (Å²) in [6, 6.07) is 6.99. The summed E-state index contributed by atoms with van der Waals surface area (Å²) in [6.45, 7) is 12.3. The van der Waals surface area contributed by atoms with Crippen molar-refractivity contribution < 1.29 is 4.39 Å². The smallest absolute Gasteiger partial charge is 0.123 e. The van der Waals surface area contributed by atoms with Crippen molar-refractivity contribution in [1.82, 2.24) is 5.32 Å². The zero-order valence-corrected chi connectivity index (χ0v) is 14.4. The third-order valence-electron chi connectivity index (χ3n) is 3.36. The Morgan fingerprint density at radius 3 is 2.33 bits per heavy atom. The van der Waals surface area contributed by atoms with Gasteiger partial charge in [-0.05, 0) is 61.5 Å². The predicted molar refractivity (Wildman–Crippen MR) is 93.0 cm³/mol. The Morgan fingerprint density at radius 1 is 1.19 bits per heavy atom. The molecule has 1 fully saturated rings. The molecular weight excluding hydrogens is 261 g/mol. The van der Waals surface area contributed by atoms with Gasteiger partial charge in [-0.15, -0.1) is 0 Å². The Balaban J connectivity index is 0.000000921. The average Bonchev–Trinajstić information content (AvgIpc) is 2.57. The van der Waals surface area contributed by atoms with Crippen LogP contribution in [0.25, 0.3) is 5.57 Å². The number of hydrogen-bond acceptors (Lipinski definition) is 1. The molecular formula is C19H32FN. The molecule has 1 aliphatic heterocycles. The molecule has 2 heteroatoms. The van der Waals surface area contributed by atoms with Crippen LogP contribution in [0, 0.1) is 11.7 Å². The first-order valence-electron chi connectivity index (χ1n) is 8.48. The second-order valence-corrected chi connectivity index (χ2v) is 4.60. The molecule has 0 atom stereocenters. The highest BCUT2D eigenvalue weighted by Gasteiger charge is 2.18. The molecule has 21 heavy (non-hydrogen) atoms. The molecule has 1 heterocycles. The van der Waals surface area contributed by atoms with Crippen LogP contribution < -0.4 is 5.32 Å². The van der Waals surface area contributed by atoms with Gasteiger partial charge >= 0.3 is 0 Å². The summed E-state index contributed by atoms with van der Waals surface area (Å²) < 4.78 is 13.3. The average molecular weight is 293 g/mol. The molecule has 1 aliphatic rings. The highest BCUT2D eigenvalue weighted by atomic mass is 19.1. The first-order valence-corrected chi connectivity index (χ1v) is 8.48. The molecule has 1 aromatic carbocycles. The Labute approximate surface area is 130 Å². The summed E-state index contributed by atoms with van der Waals surface area (Å²) in [5, 5.41) is 3.37. The molecule has 1 N–H and O–H groups in total. The van der Waals surface area contributed by atoms with Gasteiger partial charge in [0, 0.05) is 0 Å². The van der Waals surface area contributed by atoms with Crippen LogP contribution in [0.2, 0.25) is 0 Å². The van der Waals surface area contributed by atoms with Crippen molar-refractivity contribution in [2.45, 2.75) is 53.9 Å². The molecule has 120 valence electrons. The molecule has 0 aliphatic carbocycles. The van der Waals surface area contributed by atoms with E-state index >= 15 is 0 Å². The maximum Gasteiger partial charge on any atom is 0.123 e. The van der Waals surface area contributed by atoms with Crippen LogP contribution in [0.1, 0.15) is 59.4 Å². The Hall–Kier alpha value is -1.15. The largest absolute Gasteiger partial charge is 0.317 e. The standard InChI is InChI=1S/C15H20FN.2C2H6/c1-2-4-15(12-7-9-17-10-8-12)13-5-3-6-14(16)11-13;2*1-2/h3-6,11-12,17H,2,7-10H2,1H3;2*1-2H3/b15-4-;;. The minimum atomic E-state index is -0.140. The summed E-state index contributed by atoms with van der Waals surface area (Å²) >= 11 is 0. The molecule has 1 aromatic rings. The van der Waals surface area contributed by atoms with Crippen molar-refractivity contribution in [3.63, 3.8) is 0 Å². The van der Waals surface area contributed by atoms with Gasteiger partial charge < -0.3 is 5.32 Å². The van der Waals surface area contributed by atoms with E-state index < -0.39 is 0 Å². The molecule has 0 bridgehead atoms. The fraction of sp³-hybridized carbons (Fsp3) is 0.579. The van der Waals surface area contributed by atoms with E-state index in [-0.39, 0.29) is 5.82 Å². The van der Waals surface area contributed by atoms with Crippen molar-refractivity contribution >= 4 is 5.57 Å². The number of benzene rings is 1. The van der Waals surface area contributed by atoms with E-state index in [0.29, 0.717) is 5.92 Å². The van der Waals surface area contributed by atoms with E-state index in [1.165, 1.54) is 11.6 Å². The second kappa shape index (κ2) is 12.6. The number of halogens is 1. The molecule has 0 spiro atoms. The molecule has 2 rings (SSSR count). The van der Waals surface area contributed by atoms with Crippen molar-refractivity contribution in [2.75, 3.05) is 13.1 Å². The molecule has 1 nitrogen and oxygen atoms in total. The summed E-state index contributed by atoms with van der Waals surface area (Å²) in [6.07, 6.45) is 5.57. The third kappa shape index (κ3) is 6.90. The minimum absolute atomic E-state index is 0.140. The highest BCUT2D eigenvalue weighted by molar-refractivity contribution is 5.67. The van der Waals surface area contributed by atoms with E-state index in [9.17, 15) is 4.39 Å². The van der Waals surface area contributed by atoms with Gasteiger partial charge in [0.2, 0.25) is 0 Å². The fourth-order valence-electron chi connectivity index (χ4n) is 2.54. The van der Waals surface area contributed by atoms with Crippen LogP contribution in [0.5, 0.6) is 0 Å². The number of rotatable bonds is 3. The van der Waals surface area contributed by atoms with Crippen molar-refractivity contribution in [2.24, 2.45) is 5.92 Å². The second-order valence-electron chi connectivity index (χ2n) is 4.60. The lowest BCUT2D eigenvalue weighted by atomic mass is 9.85. The molecule has 0 unspecified atom stereocenters. The van der Waals surface area contributed by atoms with E-state index in [1.54, 1.807) is 12.1 Å². The Bertz CT molecular complexity index is 392. The van der Waals surface area contributed by atoms with Gasteiger partial charge in [0.1, 0.15) is 5.82 Å². The van der Waals surface area contributed by atoms with Crippen molar-refractivity contribution in [3.8, 4) is 0 Å². The van der Waals surface area contributed by atoms with Crippen LogP contribution in [0.4, 0.5) is 4.39 Å². The summed E-state index contributed by atoms with van der Waals surface area (Å²) in [4.78, 5) is 0. The van der Waals surface area contributed by atoms with Crippen LogP contribution in [0.15, 0.2) is 30.3 Å². The number of nitrogens with one attached hydrogen (secondary N) is 1. The van der Waals surface area contributed by atoms with Gasteiger partial charge in [-0.25, -0.2) is 4.39 Å². The zero-order valence-electron chi connectivity index (χ0n) is 14.4. The molecule has 0 radical (unpaired) electrons. The Morgan fingerprint density at radius 2 is 1.81 bits per heavy atom. The first kappa shape index (κ1) is 19.9. The lowest BCUT2D eigenvalue weighted by Gasteiger charge is -2.25. The topological polar surface area (TPSA) is 12.0 Å². The van der Waals surface area contributed by atoms with Crippen LogP contribution in [-0.2, 0) is 0 Å². The lowest BCUT2D eigenvalue weighted by molar-refractivity contribution is 0.446. The van der Waals surface area contributed by atoms with Crippen LogP contribution >= 0.6 is 0 Å². The van der Waals surface area contributed by atoms with Gasteiger partial charge in [-0.1, -0.05) is 52.8 Å². The maximum absolute atomic E-state index is 13.3. The van der Waals surface area contributed by atoms with E-state index in [2.05, 4.69) is 18.3 Å². The molecule has 0 aromatic heterocycles. The number of hydrogen-bond donors (Lipinski definition) is 1. The van der Waals surface area contributed by atoms with Crippen LogP contribution in [-0.4, -0.2) is 13.1 Å². The molecule has 1 saturated heterocycles. The van der Waals surface area contributed by atoms with Crippen molar-refractivity contribution in [1.29, 1.82) is 0 Å². The number of allylic oxidation sites excluding steroid dienone is 2. The Kier molecular flexibility index (Phi) is 11.9. The first-order chi connectivity index (χ1) is 10.3. The molecule has 0 amide bonds. The lowest BCUT2D eigenvalue weighted by Crippen LogP contribution is -2.28. The monoisotopic (exact) mass is 293 g/mol. The summed E-state index contributed by atoms with van der Waals surface area (Å²) in [5.74, 6) is 0.441. The van der Waals surface area contributed by atoms with Gasteiger partial charge in [-0.3, -0.25) is 0 Å². The SMILES string of the molecule is CC.CC.CC/C=C(\c1cccc(F)c1)C1CCNCC1. The molecule has 0 saturated carbocycles. The third-order valence-corrected chi connectivity index (χ3v) is 3.36. The van der Waals surface area contributed by atoms with E-state index in [1.807, 2.05) is 33.8 Å². The highest BCUT2D eigenvalue weighted by Crippen LogP contribution is 2.30. The predicted octanol–water partition coefficient (Wildman–Crippen LogP) is 5.67. The van der Waals surface area contributed by atoms with Crippen LogP contribution in [0.3, 0.4) is 0 Å². The quantitative estimate of drug-likeness (QED) is 0.757. The van der Waals surface area contributed by atoms with Gasteiger partial charge in [-0.2, -0.15) is 0 Å². The van der Waals surface area contributed by atoms with E-state index in [0.717, 1.165) is 37.9 Å². The zero-order chi connectivity index (χ0) is 16.1. The summed E-state index contributed by atoms with van der Waals surface area (Å²) in [7, 11) is 0. The normalized spacial score (nSPS) is 15.4.